The van der Waals surface area contributed by atoms with Gasteiger partial charge < -0.3 is 10.1 Å². The Morgan fingerprint density at radius 1 is 0.848 bits per heavy atom. The van der Waals surface area contributed by atoms with E-state index in [1.165, 1.54) is 18.2 Å². The molecule has 3 aromatic rings. The maximum Gasteiger partial charge on any atom is 0.416 e. The highest BCUT2D eigenvalue weighted by Crippen LogP contribution is 2.34. The van der Waals surface area contributed by atoms with Gasteiger partial charge in [0.2, 0.25) is 5.91 Å². The number of amides is 1. The molecule has 0 spiro atoms. The lowest BCUT2D eigenvalue weighted by Gasteiger charge is -2.31. The molecule has 0 saturated heterocycles. The number of hydrogen-bond donors (Lipinski definition) is 1. The number of halogens is 3. The summed E-state index contributed by atoms with van der Waals surface area (Å²) in [6.45, 7) is 1.71. The lowest BCUT2D eigenvalue weighted by molar-refractivity contribution is -0.146. The van der Waals surface area contributed by atoms with Gasteiger partial charge >= 0.3 is 12.1 Å². The van der Waals surface area contributed by atoms with Crippen molar-refractivity contribution in [3.05, 3.63) is 107 Å². The Morgan fingerprint density at radius 3 is 1.82 bits per heavy atom. The number of carbonyl (C=O) groups is 2. The molecule has 0 radical (unpaired) electrons. The van der Waals surface area contributed by atoms with Crippen LogP contribution in [-0.4, -0.2) is 25.0 Å². The zero-order valence-electron chi connectivity index (χ0n) is 18.2. The Hall–Kier alpha value is -3.61. The first-order chi connectivity index (χ1) is 15.7. The van der Waals surface area contributed by atoms with Crippen LogP contribution in [0.1, 0.15) is 29.2 Å². The molecule has 0 heterocycles. The molecule has 1 atom stereocenters. The Kier molecular flexibility index (Phi) is 7.21. The number of rotatable bonds is 7. The van der Waals surface area contributed by atoms with Gasteiger partial charge in [-0.05, 0) is 29.7 Å². The first-order valence-electron chi connectivity index (χ1n) is 10.3. The highest BCUT2D eigenvalue weighted by molar-refractivity contribution is 5.94. The van der Waals surface area contributed by atoms with Gasteiger partial charge in [0.1, 0.15) is 6.04 Å². The average molecular weight is 455 g/mol. The van der Waals surface area contributed by atoms with Gasteiger partial charge in [0.25, 0.3) is 0 Å². The van der Waals surface area contributed by atoms with Crippen molar-refractivity contribution in [2.45, 2.75) is 31.0 Å². The maximum absolute atomic E-state index is 13.6. The van der Waals surface area contributed by atoms with Crippen LogP contribution in [0.15, 0.2) is 84.9 Å². The van der Waals surface area contributed by atoms with Crippen LogP contribution >= 0.6 is 0 Å². The summed E-state index contributed by atoms with van der Waals surface area (Å²) < 4.78 is 45.2. The molecular formula is C26H24F3NO3. The Bertz CT molecular complexity index is 1060. The standard InChI is InChI=1S/C26H24F3NO3/c1-25(19-12-5-3-6-13-19,20-14-7-4-8-15-20)24(32)30-22(23(31)33-2)17-18-11-9-10-16-21(18)26(27,28)29/h3-16,22H,17H2,1-2H3,(H,30,32)/t22-/m0/s1. The van der Waals surface area contributed by atoms with Crippen molar-refractivity contribution in [3.63, 3.8) is 0 Å². The van der Waals surface area contributed by atoms with Crippen LogP contribution in [0.5, 0.6) is 0 Å². The molecular weight excluding hydrogens is 431 g/mol. The number of benzene rings is 3. The minimum Gasteiger partial charge on any atom is -0.467 e. The predicted octanol–water partition coefficient (Wildman–Crippen LogP) is 4.91. The summed E-state index contributed by atoms with van der Waals surface area (Å²) in [5, 5.41) is 2.65. The van der Waals surface area contributed by atoms with Gasteiger partial charge in [0, 0.05) is 6.42 Å². The van der Waals surface area contributed by atoms with Crippen LogP contribution in [-0.2, 0) is 32.3 Å². The fraction of sp³-hybridized carbons (Fsp3) is 0.231. The summed E-state index contributed by atoms with van der Waals surface area (Å²) in [6.07, 6.45) is -4.96. The second-order valence-corrected chi connectivity index (χ2v) is 7.77. The van der Waals surface area contributed by atoms with Crippen LogP contribution in [0.4, 0.5) is 13.2 Å². The fourth-order valence-corrected chi connectivity index (χ4v) is 3.80. The van der Waals surface area contributed by atoms with Crippen LogP contribution in [0, 0.1) is 0 Å². The maximum atomic E-state index is 13.6. The van der Waals surface area contributed by atoms with Crippen LogP contribution < -0.4 is 5.32 Å². The van der Waals surface area contributed by atoms with Crippen LogP contribution in [0.25, 0.3) is 0 Å². The topological polar surface area (TPSA) is 55.4 Å². The van der Waals surface area contributed by atoms with Crippen molar-refractivity contribution in [1.29, 1.82) is 0 Å². The number of nitrogens with one attached hydrogen (secondary N) is 1. The molecule has 7 heteroatoms. The van der Waals surface area contributed by atoms with E-state index >= 15 is 0 Å². The third-order valence-corrected chi connectivity index (χ3v) is 5.69. The number of esters is 1. The third kappa shape index (κ3) is 5.25. The van der Waals surface area contributed by atoms with Gasteiger partial charge in [0.05, 0.1) is 18.1 Å². The first kappa shape index (κ1) is 24.0. The molecule has 0 fully saturated rings. The van der Waals surface area contributed by atoms with E-state index in [2.05, 4.69) is 5.32 Å². The molecule has 0 bridgehead atoms. The van der Waals surface area contributed by atoms with E-state index in [9.17, 15) is 22.8 Å². The number of carbonyl (C=O) groups excluding carboxylic acids is 2. The first-order valence-corrected chi connectivity index (χ1v) is 10.3. The number of hydrogen-bond acceptors (Lipinski definition) is 3. The van der Waals surface area contributed by atoms with E-state index in [4.69, 9.17) is 4.74 Å². The molecule has 0 saturated carbocycles. The Balaban J connectivity index is 1.99. The van der Waals surface area contributed by atoms with Crippen molar-refractivity contribution in [2.75, 3.05) is 7.11 Å². The van der Waals surface area contributed by atoms with Crippen molar-refractivity contribution in [3.8, 4) is 0 Å². The van der Waals surface area contributed by atoms with Gasteiger partial charge in [-0.15, -0.1) is 0 Å². The summed E-state index contributed by atoms with van der Waals surface area (Å²) in [5.41, 5.74) is -0.817. The molecule has 3 aromatic carbocycles. The molecule has 0 unspecified atom stereocenters. The van der Waals surface area contributed by atoms with Gasteiger partial charge in [-0.3, -0.25) is 4.79 Å². The molecule has 0 aliphatic carbocycles. The molecule has 1 amide bonds. The van der Waals surface area contributed by atoms with E-state index in [1.807, 2.05) is 12.1 Å². The minimum absolute atomic E-state index is 0.109. The van der Waals surface area contributed by atoms with E-state index in [-0.39, 0.29) is 12.0 Å². The smallest absolute Gasteiger partial charge is 0.416 e. The van der Waals surface area contributed by atoms with Crippen molar-refractivity contribution in [2.24, 2.45) is 0 Å². The molecule has 3 rings (SSSR count). The SMILES string of the molecule is COC(=O)[C@H](Cc1ccccc1C(F)(F)F)NC(=O)C(C)(c1ccccc1)c1ccccc1. The normalized spacial score (nSPS) is 12.6. The van der Waals surface area contributed by atoms with Crippen molar-refractivity contribution >= 4 is 11.9 Å². The number of alkyl halides is 3. The highest BCUT2D eigenvalue weighted by atomic mass is 19.4. The van der Waals surface area contributed by atoms with Crippen molar-refractivity contribution in [1.82, 2.24) is 5.32 Å². The van der Waals surface area contributed by atoms with E-state index in [1.54, 1.807) is 55.5 Å². The molecule has 4 nitrogen and oxygen atoms in total. The van der Waals surface area contributed by atoms with Gasteiger partial charge in [-0.2, -0.15) is 13.2 Å². The second kappa shape index (κ2) is 9.90. The predicted molar refractivity (Wildman–Crippen MR) is 118 cm³/mol. The van der Waals surface area contributed by atoms with Crippen molar-refractivity contribution < 1.29 is 27.5 Å². The summed E-state index contributed by atoms with van der Waals surface area (Å²) in [7, 11) is 1.13. The Labute approximate surface area is 190 Å². The molecule has 1 N–H and O–H groups in total. The highest BCUT2D eigenvalue weighted by Gasteiger charge is 2.40. The fourth-order valence-electron chi connectivity index (χ4n) is 3.80. The monoisotopic (exact) mass is 455 g/mol. The van der Waals surface area contributed by atoms with Gasteiger partial charge in [-0.1, -0.05) is 78.9 Å². The summed E-state index contributed by atoms with van der Waals surface area (Å²) in [6, 6.07) is 21.6. The third-order valence-electron chi connectivity index (χ3n) is 5.69. The van der Waals surface area contributed by atoms with E-state index in [0.717, 1.165) is 13.2 Å². The lowest BCUT2D eigenvalue weighted by atomic mass is 9.75. The number of methoxy groups -OCH3 is 1. The average Bonchev–Trinajstić information content (AvgIpc) is 2.83. The Morgan fingerprint density at radius 2 is 1.33 bits per heavy atom. The molecule has 0 aromatic heterocycles. The van der Waals surface area contributed by atoms with Crippen LogP contribution in [0.2, 0.25) is 0 Å². The molecule has 0 aliphatic heterocycles. The van der Waals surface area contributed by atoms with Crippen LogP contribution in [0.3, 0.4) is 0 Å². The van der Waals surface area contributed by atoms with Gasteiger partial charge in [-0.25, -0.2) is 4.79 Å². The molecule has 172 valence electrons. The van der Waals surface area contributed by atoms with E-state index < -0.39 is 35.1 Å². The molecule has 0 aliphatic rings. The summed E-state index contributed by atoms with van der Waals surface area (Å²) in [5.74, 6) is -1.36. The zero-order valence-corrected chi connectivity index (χ0v) is 18.2. The second-order valence-electron chi connectivity index (χ2n) is 7.77. The summed E-state index contributed by atoms with van der Waals surface area (Å²) in [4.78, 5) is 26.1. The summed E-state index contributed by atoms with van der Waals surface area (Å²) >= 11 is 0. The molecule has 33 heavy (non-hydrogen) atoms. The number of ether oxygens (including phenoxy) is 1. The quantitative estimate of drug-likeness (QED) is 0.515. The van der Waals surface area contributed by atoms with Gasteiger partial charge in [0.15, 0.2) is 0 Å². The largest absolute Gasteiger partial charge is 0.467 e. The lowest BCUT2D eigenvalue weighted by Crippen LogP contribution is -2.51. The van der Waals surface area contributed by atoms with E-state index in [0.29, 0.717) is 11.1 Å². The zero-order chi connectivity index (χ0) is 24.1. The minimum atomic E-state index is -4.59.